The predicted octanol–water partition coefficient (Wildman–Crippen LogP) is 4.61. The van der Waals surface area contributed by atoms with Crippen LogP contribution in [-0.4, -0.2) is 11.5 Å². The lowest BCUT2D eigenvalue weighted by molar-refractivity contribution is 0.102. The summed E-state index contributed by atoms with van der Waals surface area (Å²) in [6, 6.07) is 30.1. The Morgan fingerprint density at radius 2 is 1.05 bits per heavy atom. The Balaban J connectivity index is 1.91. The monoisotopic (exact) mass is 305 g/mol. The molecule has 0 aromatic heterocycles. The molecule has 2 heteroatoms. The van der Waals surface area contributed by atoms with Gasteiger partial charge in [0, 0.05) is 5.56 Å². The number of carbonyl (C=O) groups excluding carboxylic acids is 1. The zero-order valence-corrected chi connectivity index (χ0v) is 13.0. The molecule has 0 spiro atoms. The largest absolute Gasteiger partial charge is 0.289 e. The van der Waals surface area contributed by atoms with Gasteiger partial charge in [-0.3, -0.25) is 4.79 Å². The Bertz CT molecular complexity index is 684. The smallest absolute Gasteiger partial charge is 0.212 e. The first-order chi connectivity index (χ1) is 10.8. The van der Waals surface area contributed by atoms with Gasteiger partial charge in [-0.25, -0.2) is 0 Å². The highest BCUT2D eigenvalue weighted by Crippen LogP contribution is 2.24. The van der Waals surface area contributed by atoms with Crippen molar-refractivity contribution >= 4 is 16.7 Å². The van der Waals surface area contributed by atoms with Gasteiger partial charge in [-0.1, -0.05) is 66.7 Å². The maximum atomic E-state index is 12.6. The van der Waals surface area contributed by atoms with Crippen LogP contribution in [0.1, 0.15) is 10.4 Å². The van der Waals surface area contributed by atoms with E-state index in [1.807, 2.05) is 66.7 Å². The van der Waals surface area contributed by atoms with Crippen LogP contribution in [-0.2, 0) is 10.9 Å². The van der Waals surface area contributed by atoms with Gasteiger partial charge in [-0.2, -0.15) is 0 Å². The van der Waals surface area contributed by atoms with Gasteiger partial charge in [0.2, 0.25) is 5.78 Å². The van der Waals surface area contributed by atoms with Gasteiger partial charge >= 0.3 is 0 Å². The van der Waals surface area contributed by atoms with Crippen molar-refractivity contribution in [2.45, 2.75) is 9.79 Å². The van der Waals surface area contributed by atoms with E-state index < -0.39 is 0 Å². The molecular formula is C20H17OS+. The molecule has 0 aliphatic carbocycles. The molecule has 0 atom stereocenters. The Morgan fingerprint density at radius 3 is 1.50 bits per heavy atom. The van der Waals surface area contributed by atoms with E-state index in [4.69, 9.17) is 0 Å². The first-order valence-electron chi connectivity index (χ1n) is 7.24. The lowest BCUT2D eigenvalue weighted by atomic mass is 10.2. The number of benzene rings is 3. The first-order valence-corrected chi connectivity index (χ1v) is 8.63. The third-order valence-electron chi connectivity index (χ3n) is 3.43. The van der Waals surface area contributed by atoms with Gasteiger partial charge < -0.3 is 0 Å². The number of Topliss-reactive ketones (excluding diaryl/α,β-unsaturated/α-hetero) is 1. The summed E-state index contributed by atoms with van der Waals surface area (Å²) in [5.74, 6) is 0.703. The Morgan fingerprint density at radius 1 is 0.636 bits per heavy atom. The molecule has 0 bridgehead atoms. The van der Waals surface area contributed by atoms with Gasteiger partial charge in [0.25, 0.3) is 0 Å². The van der Waals surface area contributed by atoms with E-state index in [9.17, 15) is 4.79 Å². The molecule has 0 aliphatic heterocycles. The van der Waals surface area contributed by atoms with Crippen molar-refractivity contribution in [3.63, 3.8) is 0 Å². The summed E-state index contributed by atoms with van der Waals surface area (Å²) in [5, 5.41) is 0. The average Bonchev–Trinajstić information content (AvgIpc) is 2.62. The van der Waals surface area contributed by atoms with E-state index in [0.717, 1.165) is 5.56 Å². The molecule has 0 unspecified atom stereocenters. The Labute approximate surface area is 134 Å². The zero-order valence-electron chi connectivity index (χ0n) is 12.2. The summed E-state index contributed by atoms with van der Waals surface area (Å²) < 4.78 is 0. The van der Waals surface area contributed by atoms with Crippen LogP contribution in [0.2, 0.25) is 0 Å². The van der Waals surface area contributed by atoms with Crippen LogP contribution < -0.4 is 0 Å². The van der Waals surface area contributed by atoms with Gasteiger partial charge in [0.15, 0.2) is 15.5 Å². The zero-order chi connectivity index (χ0) is 15.2. The van der Waals surface area contributed by atoms with Gasteiger partial charge in [0.1, 0.15) is 0 Å². The minimum Gasteiger partial charge on any atom is -0.289 e. The minimum atomic E-state index is -0.231. The number of hydrogen-bond donors (Lipinski definition) is 0. The van der Waals surface area contributed by atoms with E-state index in [2.05, 4.69) is 24.3 Å². The highest BCUT2D eigenvalue weighted by molar-refractivity contribution is 7.97. The van der Waals surface area contributed by atoms with Crippen LogP contribution in [0.15, 0.2) is 101 Å². The molecule has 108 valence electrons. The molecule has 0 aliphatic rings. The van der Waals surface area contributed by atoms with Crippen molar-refractivity contribution in [2.75, 3.05) is 5.75 Å². The van der Waals surface area contributed by atoms with E-state index in [1.165, 1.54) is 9.79 Å². The molecule has 3 rings (SSSR count). The quantitative estimate of drug-likeness (QED) is 0.497. The van der Waals surface area contributed by atoms with Crippen molar-refractivity contribution in [3.8, 4) is 0 Å². The van der Waals surface area contributed by atoms with Gasteiger partial charge in [0.05, 0.1) is 10.9 Å². The van der Waals surface area contributed by atoms with Crippen LogP contribution in [0.25, 0.3) is 0 Å². The number of rotatable bonds is 5. The molecular weight excluding hydrogens is 288 g/mol. The maximum absolute atomic E-state index is 12.6. The SMILES string of the molecule is O=C(C[S+](c1ccccc1)c1ccccc1)c1ccccc1. The number of carbonyl (C=O) groups is 1. The molecule has 3 aromatic rings. The normalized spacial score (nSPS) is 10.6. The molecule has 0 heterocycles. The van der Waals surface area contributed by atoms with E-state index in [-0.39, 0.29) is 16.7 Å². The number of hydrogen-bond acceptors (Lipinski definition) is 1. The van der Waals surface area contributed by atoms with E-state index in [1.54, 1.807) is 0 Å². The Kier molecular flexibility index (Phi) is 4.71. The number of ketones is 1. The molecule has 0 amide bonds. The minimum absolute atomic E-state index is 0.191. The highest BCUT2D eigenvalue weighted by atomic mass is 32.2. The topological polar surface area (TPSA) is 17.1 Å². The molecule has 1 nitrogen and oxygen atoms in total. The van der Waals surface area contributed by atoms with Crippen LogP contribution in [0.5, 0.6) is 0 Å². The molecule has 3 aromatic carbocycles. The summed E-state index contributed by atoms with van der Waals surface area (Å²) in [6.07, 6.45) is 0. The fourth-order valence-corrected chi connectivity index (χ4v) is 4.32. The van der Waals surface area contributed by atoms with Crippen molar-refractivity contribution in [1.82, 2.24) is 0 Å². The van der Waals surface area contributed by atoms with Crippen molar-refractivity contribution in [2.24, 2.45) is 0 Å². The fraction of sp³-hybridized carbons (Fsp3) is 0.0500. The molecule has 0 N–H and O–H groups in total. The van der Waals surface area contributed by atoms with Crippen molar-refractivity contribution in [3.05, 3.63) is 96.6 Å². The highest BCUT2D eigenvalue weighted by Gasteiger charge is 2.28. The third-order valence-corrected chi connectivity index (χ3v) is 5.66. The lowest BCUT2D eigenvalue weighted by Gasteiger charge is -2.07. The fourth-order valence-electron chi connectivity index (χ4n) is 2.31. The van der Waals surface area contributed by atoms with Crippen molar-refractivity contribution < 1.29 is 4.79 Å². The van der Waals surface area contributed by atoms with Crippen LogP contribution in [0, 0.1) is 0 Å². The predicted molar refractivity (Wildman–Crippen MR) is 92.4 cm³/mol. The summed E-state index contributed by atoms with van der Waals surface area (Å²) in [5.41, 5.74) is 0.784. The maximum Gasteiger partial charge on any atom is 0.212 e. The van der Waals surface area contributed by atoms with Crippen LogP contribution >= 0.6 is 0 Å². The second-order valence-electron chi connectivity index (χ2n) is 4.95. The summed E-state index contributed by atoms with van der Waals surface area (Å²) in [6.45, 7) is 0. The van der Waals surface area contributed by atoms with E-state index in [0.29, 0.717) is 5.75 Å². The summed E-state index contributed by atoms with van der Waals surface area (Å²) in [7, 11) is -0.231. The second-order valence-corrected chi connectivity index (χ2v) is 6.96. The standard InChI is InChI=1S/C20H17OS/c21-20(17-10-4-1-5-11-17)16-22(18-12-6-2-7-13-18)19-14-8-3-9-15-19/h1-15H,16H2/q+1. The van der Waals surface area contributed by atoms with Crippen LogP contribution in [0.3, 0.4) is 0 Å². The van der Waals surface area contributed by atoms with Crippen LogP contribution in [0.4, 0.5) is 0 Å². The Hall–Kier alpha value is -2.32. The van der Waals surface area contributed by atoms with Gasteiger partial charge in [-0.15, -0.1) is 0 Å². The molecule has 0 saturated carbocycles. The molecule has 22 heavy (non-hydrogen) atoms. The average molecular weight is 305 g/mol. The lowest BCUT2D eigenvalue weighted by Crippen LogP contribution is -2.17. The second kappa shape index (κ2) is 7.10. The third kappa shape index (κ3) is 3.46. The summed E-state index contributed by atoms with van der Waals surface area (Å²) >= 11 is 0. The summed E-state index contributed by atoms with van der Waals surface area (Å²) in [4.78, 5) is 15.0. The van der Waals surface area contributed by atoms with Gasteiger partial charge in [-0.05, 0) is 24.3 Å². The molecule has 0 saturated heterocycles. The van der Waals surface area contributed by atoms with Crippen molar-refractivity contribution in [1.29, 1.82) is 0 Å². The van der Waals surface area contributed by atoms with E-state index >= 15 is 0 Å². The molecule has 0 fully saturated rings. The first kappa shape index (κ1) is 14.6. The molecule has 0 radical (unpaired) electrons.